The average Bonchev–Trinajstić information content (AvgIpc) is 2.32. The third-order valence-electron chi connectivity index (χ3n) is 2.31. The van der Waals surface area contributed by atoms with Crippen molar-refractivity contribution in [1.82, 2.24) is 9.88 Å². The zero-order valence-electron chi connectivity index (χ0n) is 10.8. The van der Waals surface area contributed by atoms with Gasteiger partial charge in [-0.25, -0.2) is 4.79 Å². The number of aromatic nitrogens is 1. The molecule has 1 aromatic heterocycles. The molecule has 0 fully saturated rings. The smallest absolute Gasteiger partial charge is 0.406 e. The predicted molar refractivity (Wildman–Crippen MR) is 67.5 cm³/mol. The van der Waals surface area contributed by atoms with Crippen LogP contribution in [0.15, 0.2) is 18.5 Å². The fraction of sp³-hybridized carbons (Fsp3) is 0.417. The van der Waals surface area contributed by atoms with Gasteiger partial charge in [-0.15, -0.1) is 0 Å². The third-order valence-corrected chi connectivity index (χ3v) is 2.31. The van der Waals surface area contributed by atoms with Gasteiger partial charge in [-0.2, -0.15) is 0 Å². The lowest BCUT2D eigenvalue weighted by molar-refractivity contribution is -0.114. The summed E-state index contributed by atoms with van der Waals surface area (Å²) < 4.78 is 5.20. The molecule has 0 radical (unpaired) electrons. The lowest BCUT2D eigenvalue weighted by Crippen LogP contribution is -2.33. The molecule has 98 valence electrons. The number of ether oxygens (including phenoxy) is 1. The van der Waals surface area contributed by atoms with E-state index in [-0.39, 0.29) is 11.7 Å². The Morgan fingerprint density at radius 1 is 1.39 bits per heavy atom. The van der Waals surface area contributed by atoms with E-state index in [4.69, 9.17) is 4.74 Å². The first-order chi connectivity index (χ1) is 8.58. The van der Waals surface area contributed by atoms with Crippen molar-refractivity contribution in [1.29, 1.82) is 0 Å². The molecule has 0 unspecified atom stereocenters. The van der Waals surface area contributed by atoms with Crippen LogP contribution < -0.4 is 10.1 Å². The van der Waals surface area contributed by atoms with Crippen LogP contribution in [0, 0.1) is 0 Å². The topological polar surface area (TPSA) is 71.5 Å². The molecule has 2 amide bonds. The van der Waals surface area contributed by atoms with Gasteiger partial charge < -0.3 is 15.0 Å². The molecular weight excluding hydrogens is 234 g/mol. The average molecular weight is 251 g/mol. The summed E-state index contributed by atoms with van der Waals surface area (Å²) in [4.78, 5) is 28.2. The van der Waals surface area contributed by atoms with Crippen LogP contribution in [-0.4, -0.2) is 35.0 Å². The number of carbonyl (C=O) groups excluding carboxylic acids is 2. The van der Waals surface area contributed by atoms with Crippen molar-refractivity contribution in [3.63, 3.8) is 0 Å². The molecule has 0 saturated carbocycles. The van der Waals surface area contributed by atoms with Crippen LogP contribution >= 0.6 is 0 Å². The third kappa shape index (κ3) is 3.73. The van der Waals surface area contributed by atoms with Gasteiger partial charge in [0.25, 0.3) is 0 Å². The molecular formula is C12H17N3O3. The highest BCUT2D eigenvalue weighted by atomic mass is 16.6. The predicted octanol–water partition coefficient (Wildman–Crippen LogP) is 1.88. The lowest BCUT2D eigenvalue weighted by atomic mass is 10.3. The Bertz CT molecular complexity index is 430. The van der Waals surface area contributed by atoms with Crippen LogP contribution in [0.2, 0.25) is 0 Å². The van der Waals surface area contributed by atoms with Crippen LogP contribution in [0.3, 0.4) is 0 Å². The summed E-state index contributed by atoms with van der Waals surface area (Å²) in [7, 11) is 0. The lowest BCUT2D eigenvalue weighted by Gasteiger charge is -2.18. The van der Waals surface area contributed by atoms with Gasteiger partial charge in [-0.1, -0.05) is 0 Å². The van der Waals surface area contributed by atoms with E-state index in [1.165, 1.54) is 24.2 Å². The number of rotatable bonds is 4. The minimum Gasteiger partial charge on any atom is -0.406 e. The van der Waals surface area contributed by atoms with E-state index >= 15 is 0 Å². The maximum atomic E-state index is 11.8. The fourth-order valence-corrected chi connectivity index (χ4v) is 1.39. The number of pyridine rings is 1. The monoisotopic (exact) mass is 251 g/mol. The fourth-order valence-electron chi connectivity index (χ4n) is 1.39. The van der Waals surface area contributed by atoms with Crippen molar-refractivity contribution in [2.24, 2.45) is 0 Å². The Balaban J connectivity index is 2.83. The summed E-state index contributed by atoms with van der Waals surface area (Å²) in [6, 6.07) is 1.58. The highest BCUT2D eigenvalue weighted by molar-refractivity contribution is 5.90. The summed E-state index contributed by atoms with van der Waals surface area (Å²) in [5.41, 5.74) is 0.429. The van der Waals surface area contributed by atoms with Gasteiger partial charge in [0.1, 0.15) is 0 Å². The van der Waals surface area contributed by atoms with Crippen LogP contribution in [0.4, 0.5) is 10.5 Å². The quantitative estimate of drug-likeness (QED) is 0.886. The SMILES string of the molecule is CCN(CC)C(=O)Oc1cnccc1NC(C)=O. The molecule has 0 atom stereocenters. The summed E-state index contributed by atoms with van der Waals surface area (Å²) in [6.45, 7) is 6.23. The van der Waals surface area contributed by atoms with Gasteiger partial charge in [0.2, 0.25) is 5.91 Å². The maximum Gasteiger partial charge on any atom is 0.415 e. The Labute approximate surface area is 106 Å². The summed E-state index contributed by atoms with van der Waals surface area (Å²) in [6.07, 6.45) is 2.45. The van der Waals surface area contributed by atoms with Gasteiger partial charge in [0.05, 0.1) is 11.9 Å². The van der Waals surface area contributed by atoms with Gasteiger partial charge in [0.15, 0.2) is 5.75 Å². The normalized spacial score (nSPS) is 9.72. The standard InChI is InChI=1S/C12H17N3O3/c1-4-15(5-2)12(17)18-11-8-13-7-6-10(11)14-9(3)16/h6-8H,4-5H2,1-3H3,(H,13,14,16). The molecule has 1 N–H and O–H groups in total. The molecule has 1 rings (SSSR count). The molecule has 0 saturated heterocycles. The minimum atomic E-state index is -0.459. The van der Waals surface area contributed by atoms with Crippen LogP contribution in [-0.2, 0) is 4.79 Å². The summed E-state index contributed by atoms with van der Waals surface area (Å²) >= 11 is 0. The number of hydrogen-bond acceptors (Lipinski definition) is 4. The molecule has 0 aromatic carbocycles. The number of nitrogens with zero attached hydrogens (tertiary/aromatic N) is 2. The van der Waals surface area contributed by atoms with E-state index in [1.54, 1.807) is 6.07 Å². The Kier molecular flexibility index (Phi) is 5.10. The summed E-state index contributed by atoms with van der Waals surface area (Å²) in [5.74, 6) is 0.00550. The molecule has 18 heavy (non-hydrogen) atoms. The van der Waals surface area contributed by atoms with E-state index in [0.717, 1.165) is 0 Å². The van der Waals surface area contributed by atoms with E-state index in [0.29, 0.717) is 18.8 Å². The van der Waals surface area contributed by atoms with Crippen molar-refractivity contribution >= 4 is 17.7 Å². The summed E-state index contributed by atoms with van der Waals surface area (Å²) in [5, 5.41) is 2.58. The van der Waals surface area contributed by atoms with Crippen molar-refractivity contribution in [2.45, 2.75) is 20.8 Å². The second-order valence-electron chi connectivity index (χ2n) is 3.59. The molecule has 0 aliphatic carbocycles. The van der Waals surface area contributed by atoms with E-state index in [1.807, 2.05) is 13.8 Å². The largest absolute Gasteiger partial charge is 0.415 e. The molecule has 6 heteroatoms. The minimum absolute atomic E-state index is 0.235. The number of hydrogen-bond donors (Lipinski definition) is 1. The molecule has 1 aromatic rings. The van der Waals surface area contributed by atoms with Crippen molar-refractivity contribution < 1.29 is 14.3 Å². The molecule has 6 nitrogen and oxygen atoms in total. The molecule has 0 spiro atoms. The van der Waals surface area contributed by atoms with Gasteiger partial charge in [-0.05, 0) is 19.9 Å². The number of nitrogens with one attached hydrogen (secondary N) is 1. The number of anilines is 1. The van der Waals surface area contributed by atoms with Crippen LogP contribution in [0.5, 0.6) is 5.75 Å². The second kappa shape index (κ2) is 6.58. The van der Waals surface area contributed by atoms with Crippen molar-refractivity contribution in [3.8, 4) is 5.75 Å². The zero-order chi connectivity index (χ0) is 13.5. The highest BCUT2D eigenvalue weighted by Gasteiger charge is 2.14. The maximum absolute atomic E-state index is 11.8. The molecule has 1 heterocycles. The molecule has 0 bridgehead atoms. The van der Waals surface area contributed by atoms with Crippen LogP contribution in [0.1, 0.15) is 20.8 Å². The Morgan fingerprint density at radius 2 is 2.06 bits per heavy atom. The number of carbonyl (C=O) groups is 2. The van der Waals surface area contributed by atoms with Crippen molar-refractivity contribution in [3.05, 3.63) is 18.5 Å². The molecule has 0 aliphatic heterocycles. The second-order valence-corrected chi connectivity index (χ2v) is 3.59. The van der Waals surface area contributed by atoms with E-state index in [9.17, 15) is 9.59 Å². The van der Waals surface area contributed by atoms with E-state index in [2.05, 4.69) is 10.3 Å². The van der Waals surface area contributed by atoms with Crippen LogP contribution in [0.25, 0.3) is 0 Å². The van der Waals surface area contributed by atoms with Gasteiger partial charge in [-0.3, -0.25) is 9.78 Å². The molecule has 0 aliphatic rings. The Morgan fingerprint density at radius 3 is 2.61 bits per heavy atom. The number of amides is 2. The first-order valence-corrected chi connectivity index (χ1v) is 5.76. The van der Waals surface area contributed by atoms with E-state index < -0.39 is 6.09 Å². The first kappa shape index (κ1) is 14.0. The van der Waals surface area contributed by atoms with Gasteiger partial charge in [0, 0.05) is 26.2 Å². The van der Waals surface area contributed by atoms with Crippen molar-refractivity contribution in [2.75, 3.05) is 18.4 Å². The van der Waals surface area contributed by atoms with Gasteiger partial charge >= 0.3 is 6.09 Å². The highest BCUT2D eigenvalue weighted by Crippen LogP contribution is 2.22. The first-order valence-electron chi connectivity index (χ1n) is 5.76. The zero-order valence-corrected chi connectivity index (χ0v) is 10.8. The Hall–Kier alpha value is -2.11.